The van der Waals surface area contributed by atoms with Crippen LogP contribution in [0.3, 0.4) is 0 Å². The third-order valence-electron chi connectivity index (χ3n) is 4.41. The minimum absolute atomic E-state index is 0.00798. The molecule has 0 unspecified atom stereocenters. The second kappa shape index (κ2) is 6.43. The van der Waals surface area contributed by atoms with Gasteiger partial charge in [-0.1, -0.05) is 18.2 Å². The molecule has 1 amide bonds. The Kier molecular flexibility index (Phi) is 3.88. The Labute approximate surface area is 167 Å². The van der Waals surface area contributed by atoms with Crippen LogP contribution in [0.1, 0.15) is 4.88 Å². The van der Waals surface area contributed by atoms with Crippen molar-refractivity contribution in [1.82, 2.24) is 4.57 Å². The third kappa shape index (κ3) is 2.74. The number of nitrogens with zero attached hydrogens (tertiary/aromatic N) is 2. The van der Waals surface area contributed by atoms with E-state index in [1.165, 1.54) is 11.3 Å². The molecule has 138 valence electrons. The van der Waals surface area contributed by atoms with Gasteiger partial charge in [0.25, 0.3) is 5.91 Å². The van der Waals surface area contributed by atoms with Crippen molar-refractivity contribution in [3.63, 3.8) is 0 Å². The van der Waals surface area contributed by atoms with Crippen LogP contribution in [0.5, 0.6) is 17.4 Å². The Morgan fingerprint density at radius 3 is 2.71 bits per heavy atom. The molecule has 1 N–H and O–H groups in total. The number of amides is 1. The molecule has 6 nitrogen and oxygen atoms in total. The summed E-state index contributed by atoms with van der Waals surface area (Å²) >= 11 is 6.63. The van der Waals surface area contributed by atoms with Crippen molar-refractivity contribution in [2.45, 2.75) is 0 Å². The average molecular weight is 408 g/mol. The van der Waals surface area contributed by atoms with Gasteiger partial charge in [-0.05, 0) is 42.6 Å². The Hall–Kier alpha value is -3.23. The molecule has 0 atom stereocenters. The fourth-order valence-corrected chi connectivity index (χ4v) is 4.39. The van der Waals surface area contributed by atoms with Crippen molar-refractivity contribution in [2.75, 3.05) is 6.79 Å². The molecule has 2 aliphatic rings. The molecule has 3 aromatic rings. The van der Waals surface area contributed by atoms with Crippen LogP contribution >= 0.6 is 23.6 Å². The Balaban J connectivity index is 1.63. The van der Waals surface area contributed by atoms with Gasteiger partial charge in [0.15, 0.2) is 15.5 Å². The molecule has 0 radical (unpaired) electrons. The summed E-state index contributed by atoms with van der Waals surface area (Å²) in [5.41, 5.74) is 1.12. The van der Waals surface area contributed by atoms with Gasteiger partial charge in [0, 0.05) is 16.9 Å². The number of benzene rings is 2. The molecule has 5 rings (SSSR count). The van der Waals surface area contributed by atoms with Crippen LogP contribution in [0.25, 0.3) is 17.8 Å². The summed E-state index contributed by atoms with van der Waals surface area (Å²) in [7, 11) is 0. The Bertz CT molecular complexity index is 1340. The maximum absolute atomic E-state index is 12.5. The van der Waals surface area contributed by atoms with Crippen LogP contribution in [0, 0.1) is 3.95 Å². The number of rotatable bonds is 2. The van der Waals surface area contributed by atoms with E-state index >= 15 is 0 Å². The van der Waals surface area contributed by atoms with Gasteiger partial charge < -0.3 is 14.6 Å². The number of para-hydroxylation sites is 1. The first-order chi connectivity index (χ1) is 13.6. The highest BCUT2D eigenvalue weighted by Crippen LogP contribution is 2.32. The summed E-state index contributed by atoms with van der Waals surface area (Å²) in [5.74, 6) is 0.794. The van der Waals surface area contributed by atoms with Crippen LogP contribution in [0.2, 0.25) is 0 Å². The summed E-state index contributed by atoms with van der Waals surface area (Å²) in [4.78, 5) is 17.1. The monoisotopic (exact) mass is 408 g/mol. The highest BCUT2D eigenvalue weighted by Gasteiger charge is 2.19. The predicted octanol–water partition coefficient (Wildman–Crippen LogP) is 2.73. The van der Waals surface area contributed by atoms with E-state index in [0.717, 1.165) is 10.9 Å². The molecule has 0 saturated carbocycles. The Morgan fingerprint density at radius 1 is 1.18 bits per heavy atom. The van der Waals surface area contributed by atoms with E-state index in [0.29, 0.717) is 31.3 Å². The maximum Gasteiger partial charge on any atom is 0.277 e. The van der Waals surface area contributed by atoms with Crippen LogP contribution in [0.4, 0.5) is 0 Å². The van der Waals surface area contributed by atoms with E-state index in [-0.39, 0.29) is 12.7 Å². The number of aromatic hydroxyl groups is 1. The second-order valence-corrected chi connectivity index (χ2v) is 7.83. The highest BCUT2D eigenvalue weighted by atomic mass is 32.1. The number of hydrogen-bond donors (Lipinski definition) is 1. The number of hydrogen-bond acceptors (Lipinski definition) is 6. The van der Waals surface area contributed by atoms with Crippen molar-refractivity contribution >= 4 is 41.6 Å². The first-order valence-electron chi connectivity index (χ1n) is 8.36. The molecule has 0 aliphatic carbocycles. The quantitative estimate of drug-likeness (QED) is 0.521. The molecule has 1 aromatic heterocycles. The highest BCUT2D eigenvalue weighted by molar-refractivity contribution is 7.73. The van der Waals surface area contributed by atoms with E-state index in [2.05, 4.69) is 4.99 Å². The number of carbonyl (C=O) groups excluding carboxylic acids is 1. The van der Waals surface area contributed by atoms with Gasteiger partial charge in [0.2, 0.25) is 12.7 Å². The molecule has 0 saturated heterocycles. The minimum atomic E-state index is -0.392. The summed E-state index contributed by atoms with van der Waals surface area (Å²) in [6.45, 7) is 0.152. The van der Waals surface area contributed by atoms with E-state index in [1.807, 2.05) is 30.3 Å². The zero-order valence-corrected chi connectivity index (χ0v) is 15.9. The van der Waals surface area contributed by atoms with Crippen LogP contribution in [-0.2, 0) is 4.79 Å². The second-order valence-electron chi connectivity index (χ2n) is 6.15. The van der Waals surface area contributed by atoms with Gasteiger partial charge in [-0.25, -0.2) is 4.99 Å². The predicted molar refractivity (Wildman–Crippen MR) is 107 cm³/mol. The topological polar surface area (TPSA) is 73.1 Å². The minimum Gasteiger partial charge on any atom is -0.493 e. The normalized spacial score (nSPS) is 15.9. The number of carbonyl (C=O) groups is 1. The van der Waals surface area contributed by atoms with Crippen LogP contribution < -0.4 is 20.0 Å². The fraction of sp³-hybridized carbons (Fsp3) is 0.0500. The summed E-state index contributed by atoms with van der Waals surface area (Å²) in [5, 5.41) is 12.0. The lowest BCUT2D eigenvalue weighted by Gasteiger charge is -2.05. The Morgan fingerprint density at radius 2 is 1.93 bits per heavy atom. The largest absolute Gasteiger partial charge is 0.493 e. The average Bonchev–Trinajstić information content (AvgIpc) is 3.25. The van der Waals surface area contributed by atoms with Crippen molar-refractivity contribution in [2.24, 2.45) is 4.99 Å². The van der Waals surface area contributed by atoms with Crippen molar-refractivity contribution in [3.8, 4) is 23.1 Å². The third-order valence-corrected chi connectivity index (χ3v) is 5.72. The SMILES string of the molecule is O=C1N=c2cc3c(cc2=CC1=Cc1sc(=S)n(-c2ccccc2)c1O)OCO3. The van der Waals surface area contributed by atoms with E-state index in [1.54, 1.807) is 28.9 Å². The molecule has 0 bridgehead atoms. The van der Waals surface area contributed by atoms with Crippen molar-refractivity contribution in [3.05, 3.63) is 67.4 Å². The smallest absolute Gasteiger partial charge is 0.277 e. The number of fused-ring (bicyclic) bond motifs is 2. The number of thiazole rings is 1. The van der Waals surface area contributed by atoms with Gasteiger partial charge in [0.05, 0.1) is 15.9 Å². The zero-order valence-electron chi connectivity index (χ0n) is 14.3. The summed E-state index contributed by atoms with van der Waals surface area (Å²) < 4.78 is 12.8. The van der Waals surface area contributed by atoms with Crippen LogP contribution in [0.15, 0.2) is 53.0 Å². The van der Waals surface area contributed by atoms with Gasteiger partial charge in [-0.3, -0.25) is 9.36 Å². The van der Waals surface area contributed by atoms with Crippen molar-refractivity contribution in [1.29, 1.82) is 0 Å². The molecular weight excluding hydrogens is 396 g/mol. The summed E-state index contributed by atoms with van der Waals surface area (Å²) in [6, 6.07) is 12.8. The summed E-state index contributed by atoms with van der Waals surface area (Å²) in [6.07, 6.45) is 3.33. The lowest BCUT2D eigenvalue weighted by atomic mass is 10.1. The standard InChI is InChI=1S/C20H12N2O4S2/c23-18-12(6-11-7-15-16(26-10-25-15)9-14(11)21-18)8-17-19(24)22(20(27)28-17)13-4-2-1-3-5-13/h1-9,24H,10H2. The molecule has 2 aromatic carbocycles. The molecule has 2 aliphatic heterocycles. The molecule has 0 spiro atoms. The first-order valence-corrected chi connectivity index (χ1v) is 9.59. The van der Waals surface area contributed by atoms with E-state index in [9.17, 15) is 9.90 Å². The molecule has 0 fully saturated rings. The first kappa shape index (κ1) is 16.9. The van der Waals surface area contributed by atoms with Gasteiger partial charge in [-0.2, -0.15) is 0 Å². The van der Waals surface area contributed by atoms with Crippen LogP contribution in [-0.4, -0.2) is 22.4 Å². The van der Waals surface area contributed by atoms with Gasteiger partial charge >= 0.3 is 0 Å². The zero-order chi connectivity index (χ0) is 19.3. The molecule has 8 heteroatoms. The maximum atomic E-state index is 12.5. The van der Waals surface area contributed by atoms with E-state index in [4.69, 9.17) is 21.7 Å². The molecular formula is C20H12N2O4S2. The lowest BCUT2D eigenvalue weighted by Crippen LogP contribution is -2.30. The lowest BCUT2D eigenvalue weighted by molar-refractivity contribution is -0.114. The van der Waals surface area contributed by atoms with Gasteiger partial charge in [-0.15, -0.1) is 11.3 Å². The molecule has 3 heterocycles. The van der Waals surface area contributed by atoms with E-state index < -0.39 is 5.91 Å². The van der Waals surface area contributed by atoms with Crippen molar-refractivity contribution < 1.29 is 19.4 Å². The molecule has 28 heavy (non-hydrogen) atoms. The number of aromatic nitrogens is 1. The fourth-order valence-electron chi connectivity index (χ4n) is 3.09. The number of ether oxygens (including phenoxy) is 2. The van der Waals surface area contributed by atoms with Gasteiger partial charge in [0.1, 0.15) is 0 Å².